The highest BCUT2D eigenvalue weighted by Crippen LogP contribution is 2.35. The predicted octanol–water partition coefficient (Wildman–Crippen LogP) is 3.77. The lowest BCUT2D eigenvalue weighted by atomic mass is 10.2. The van der Waals surface area contributed by atoms with Crippen molar-refractivity contribution in [3.05, 3.63) is 45.3 Å². The molecule has 0 spiro atoms. The second-order valence-corrected chi connectivity index (χ2v) is 5.91. The number of hydrogen-bond acceptors (Lipinski definition) is 5. The van der Waals surface area contributed by atoms with Crippen LogP contribution in [0.5, 0.6) is 0 Å². The lowest BCUT2D eigenvalue weighted by molar-refractivity contribution is 0.517. The Morgan fingerprint density at radius 2 is 2.15 bits per heavy atom. The molecule has 3 aromatic rings. The van der Waals surface area contributed by atoms with Crippen molar-refractivity contribution < 1.29 is 0 Å². The molecule has 5 nitrogen and oxygen atoms in total. The van der Waals surface area contributed by atoms with Crippen LogP contribution in [0.3, 0.4) is 0 Å². The predicted molar refractivity (Wildman–Crippen MR) is 83.8 cm³/mol. The first-order chi connectivity index (χ1) is 9.33. The summed E-state index contributed by atoms with van der Waals surface area (Å²) in [4.78, 5) is 9.71. The monoisotopic (exact) mass is 349 g/mol. The molecule has 1 unspecified atom stereocenters. The van der Waals surface area contributed by atoms with E-state index in [2.05, 4.69) is 36.3 Å². The Balaban J connectivity index is 0.00000121. The Labute approximate surface area is 128 Å². The Morgan fingerprint density at radius 1 is 1.30 bits per heavy atom. The molecule has 1 aliphatic rings. The zero-order valence-corrected chi connectivity index (χ0v) is 12.0. The van der Waals surface area contributed by atoms with Crippen molar-refractivity contribution in [1.29, 1.82) is 0 Å². The minimum absolute atomic E-state index is 0. The van der Waals surface area contributed by atoms with Crippen LogP contribution in [0.15, 0.2) is 40.4 Å². The average molecular weight is 350 g/mol. The van der Waals surface area contributed by atoms with Gasteiger partial charge in [0.15, 0.2) is 12.0 Å². The van der Waals surface area contributed by atoms with Gasteiger partial charge >= 0.3 is 0 Å². The second-order valence-electron chi connectivity index (χ2n) is 4.13. The van der Waals surface area contributed by atoms with Gasteiger partial charge in [-0.25, -0.2) is 4.68 Å². The number of hydrogen-bond donors (Lipinski definition) is 1. The molecular weight excluding hydrogens is 338 g/mol. The summed E-state index contributed by atoms with van der Waals surface area (Å²) < 4.78 is 2.89. The highest BCUT2D eigenvalue weighted by atomic mass is 79.9. The first-order valence-corrected chi connectivity index (χ1v) is 7.36. The molecule has 2 aromatic heterocycles. The minimum atomic E-state index is 0. The lowest BCUT2D eigenvalue weighted by Crippen LogP contribution is -2.31. The summed E-state index contributed by atoms with van der Waals surface area (Å²) >= 11 is 5.13. The molecule has 1 N–H and O–H groups in total. The fourth-order valence-corrected chi connectivity index (χ4v) is 3.14. The van der Waals surface area contributed by atoms with Gasteiger partial charge in [-0.05, 0) is 12.1 Å². The number of anilines is 1. The standard InChI is InChI=1S/C12H8BrN5S.CH4/c13-8-4-2-1-3-7(8)10-15-12-16-11(18(12)17-10)9-5-14-6-19-9;/h1-6,11H,(H,15,16,17);1H4. The summed E-state index contributed by atoms with van der Waals surface area (Å²) in [6.07, 6.45) is 1.91. The Kier molecular flexibility index (Phi) is 3.31. The van der Waals surface area contributed by atoms with E-state index in [1.807, 2.05) is 40.7 Å². The minimum Gasteiger partial charge on any atom is -0.328 e. The van der Waals surface area contributed by atoms with Crippen molar-refractivity contribution in [2.45, 2.75) is 13.6 Å². The van der Waals surface area contributed by atoms with Crippen LogP contribution >= 0.6 is 27.3 Å². The highest BCUT2D eigenvalue weighted by Gasteiger charge is 2.31. The molecule has 1 aliphatic heterocycles. The number of benzene rings is 1. The van der Waals surface area contributed by atoms with E-state index in [1.165, 1.54) is 0 Å². The number of thiazole rings is 1. The first-order valence-electron chi connectivity index (χ1n) is 5.69. The van der Waals surface area contributed by atoms with Crippen LogP contribution in [0.2, 0.25) is 0 Å². The third kappa shape index (κ3) is 1.94. The van der Waals surface area contributed by atoms with Gasteiger partial charge in [0.05, 0.1) is 10.4 Å². The smallest absolute Gasteiger partial charge is 0.226 e. The Hall–Kier alpha value is -1.73. The van der Waals surface area contributed by atoms with Gasteiger partial charge in [-0.3, -0.25) is 4.98 Å². The quantitative estimate of drug-likeness (QED) is 0.764. The van der Waals surface area contributed by atoms with Crippen LogP contribution in [0.1, 0.15) is 18.5 Å². The largest absolute Gasteiger partial charge is 0.328 e. The number of rotatable bonds is 2. The zero-order valence-electron chi connectivity index (χ0n) is 9.62. The van der Waals surface area contributed by atoms with Crippen LogP contribution in [0.25, 0.3) is 11.4 Å². The summed E-state index contributed by atoms with van der Waals surface area (Å²) in [5, 5.41) is 7.84. The number of nitrogens with one attached hydrogen (secondary N) is 1. The summed E-state index contributed by atoms with van der Waals surface area (Å²) in [6, 6.07) is 7.94. The number of nitrogens with zero attached hydrogens (tertiary/aromatic N) is 4. The third-order valence-corrected chi connectivity index (χ3v) is 4.50. The summed E-state index contributed by atoms with van der Waals surface area (Å²) in [7, 11) is 0. The van der Waals surface area contributed by atoms with Crippen LogP contribution in [-0.2, 0) is 0 Å². The van der Waals surface area contributed by atoms with Crippen molar-refractivity contribution in [2.24, 2.45) is 0 Å². The highest BCUT2D eigenvalue weighted by molar-refractivity contribution is 9.10. The molecule has 20 heavy (non-hydrogen) atoms. The van der Waals surface area contributed by atoms with Gasteiger partial charge in [0, 0.05) is 16.2 Å². The van der Waals surface area contributed by atoms with E-state index in [4.69, 9.17) is 0 Å². The number of fused-ring (bicyclic) bond motifs is 1. The molecule has 0 bridgehead atoms. The average Bonchev–Trinajstić information content (AvgIpc) is 3.01. The van der Waals surface area contributed by atoms with E-state index < -0.39 is 0 Å². The van der Waals surface area contributed by atoms with Crippen molar-refractivity contribution >= 4 is 33.2 Å². The van der Waals surface area contributed by atoms with E-state index in [-0.39, 0.29) is 13.6 Å². The Morgan fingerprint density at radius 3 is 2.90 bits per heavy atom. The summed E-state index contributed by atoms with van der Waals surface area (Å²) in [5.41, 5.74) is 2.81. The molecule has 0 amide bonds. The van der Waals surface area contributed by atoms with Gasteiger partial charge in [0.1, 0.15) is 0 Å². The molecule has 4 rings (SSSR count). The number of halogens is 1. The number of aromatic nitrogens is 4. The van der Waals surface area contributed by atoms with Crippen LogP contribution in [-0.4, -0.2) is 19.7 Å². The van der Waals surface area contributed by atoms with Gasteiger partial charge < -0.3 is 5.32 Å². The SMILES string of the molecule is Brc1ccccc1-c1nc2n(n1)C(c1cncs1)N2.C. The van der Waals surface area contributed by atoms with E-state index in [0.717, 1.165) is 26.7 Å². The maximum Gasteiger partial charge on any atom is 0.226 e. The molecule has 1 aromatic carbocycles. The van der Waals surface area contributed by atoms with E-state index >= 15 is 0 Å². The van der Waals surface area contributed by atoms with Crippen molar-refractivity contribution in [3.8, 4) is 11.4 Å². The van der Waals surface area contributed by atoms with Crippen LogP contribution in [0.4, 0.5) is 5.95 Å². The molecule has 102 valence electrons. The van der Waals surface area contributed by atoms with Crippen LogP contribution < -0.4 is 5.32 Å². The van der Waals surface area contributed by atoms with Gasteiger partial charge in [0.25, 0.3) is 0 Å². The molecule has 0 aliphatic carbocycles. The fraction of sp³-hybridized carbons (Fsp3) is 0.154. The van der Waals surface area contributed by atoms with Gasteiger partial charge in [0.2, 0.25) is 5.95 Å². The molecule has 0 saturated carbocycles. The van der Waals surface area contributed by atoms with Crippen molar-refractivity contribution in [2.75, 3.05) is 5.32 Å². The zero-order chi connectivity index (χ0) is 12.8. The molecule has 7 heteroatoms. The molecule has 0 fully saturated rings. The lowest BCUT2D eigenvalue weighted by Gasteiger charge is -2.27. The second kappa shape index (κ2) is 4.99. The molecule has 0 radical (unpaired) electrons. The first kappa shape index (κ1) is 13.3. The normalized spacial score (nSPS) is 15.8. The van der Waals surface area contributed by atoms with Gasteiger partial charge in [-0.1, -0.05) is 35.5 Å². The van der Waals surface area contributed by atoms with Crippen molar-refractivity contribution in [1.82, 2.24) is 19.7 Å². The summed E-state index contributed by atoms with van der Waals surface area (Å²) in [6.45, 7) is 0. The Bertz CT molecular complexity index is 737. The van der Waals surface area contributed by atoms with E-state index in [1.54, 1.807) is 11.3 Å². The molecule has 1 atom stereocenters. The molecule has 3 heterocycles. The maximum absolute atomic E-state index is 4.56. The van der Waals surface area contributed by atoms with Gasteiger partial charge in [-0.15, -0.1) is 16.4 Å². The third-order valence-electron chi connectivity index (χ3n) is 2.98. The summed E-state index contributed by atoms with van der Waals surface area (Å²) in [5.74, 6) is 1.52. The topological polar surface area (TPSA) is 55.6 Å². The van der Waals surface area contributed by atoms with E-state index in [9.17, 15) is 0 Å². The molecule has 0 saturated heterocycles. The maximum atomic E-state index is 4.56. The van der Waals surface area contributed by atoms with Gasteiger partial charge in [-0.2, -0.15) is 4.98 Å². The van der Waals surface area contributed by atoms with Crippen LogP contribution in [0, 0.1) is 0 Å². The van der Waals surface area contributed by atoms with Crippen molar-refractivity contribution in [3.63, 3.8) is 0 Å². The van der Waals surface area contributed by atoms with E-state index in [0.29, 0.717) is 0 Å². The fourth-order valence-electron chi connectivity index (χ4n) is 2.03. The molecular formula is C13H12BrN5S.